The number of para-hydroxylation sites is 1. The molecule has 12 heteroatoms. The summed E-state index contributed by atoms with van der Waals surface area (Å²) in [5.41, 5.74) is 8.06. The average Bonchev–Trinajstić information content (AvgIpc) is 3.34. The van der Waals surface area contributed by atoms with E-state index in [-0.39, 0.29) is 18.8 Å². The zero-order valence-corrected chi connectivity index (χ0v) is 23.5. The molecule has 3 aromatic rings. The van der Waals surface area contributed by atoms with Crippen LogP contribution < -0.4 is 21.7 Å². The van der Waals surface area contributed by atoms with Crippen LogP contribution >= 0.6 is 0 Å². The number of carbonyl (C=O) groups is 5. The summed E-state index contributed by atoms with van der Waals surface area (Å²) in [6.07, 6.45) is 1.20. The molecule has 8 N–H and O–H groups in total. The fraction of sp³-hybridized carbons (Fsp3) is 0.367. The molecule has 4 unspecified atom stereocenters. The van der Waals surface area contributed by atoms with Crippen molar-refractivity contribution in [1.29, 1.82) is 0 Å². The molecular weight excluding hydrogens is 542 g/mol. The third-order valence-corrected chi connectivity index (χ3v) is 6.70. The lowest BCUT2D eigenvalue weighted by Crippen LogP contribution is -2.58. The minimum absolute atomic E-state index is 0.00109. The Morgan fingerprint density at radius 2 is 1.38 bits per heavy atom. The number of nitrogens with one attached hydrogen (secondary N) is 4. The van der Waals surface area contributed by atoms with Crippen LogP contribution in [0.1, 0.15) is 37.8 Å². The number of aliphatic carboxylic acids is 2. The lowest BCUT2D eigenvalue weighted by Gasteiger charge is -2.25. The molecule has 0 fully saturated rings. The standard InChI is InChI=1S/C30H37N5O7/c1-17(2)12-21(31)27(38)33-24(15-26(36)37)29(40)34-23(14-19-16-32-22-11-7-6-10-20(19)22)28(39)35-25(30(41)42)13-18-8-4-3-5-9-18/h3-11,16-17,21,23-25,32H,12-15,31H2,1-2H3,(H,33,38)(H,34,40)(H,35,39)(H,36,37)(H,41,42). The quantitative estimate of drug-likeness (QED) is 0.140. The van der Waals surface area contributed by atoms with Crippen molar-refractivity contribution in [2.75, 3.05) is 0 Å². The molecule has 1 aromatic heterocycles. The summed E-state index contributed by atoms with van der Waals surface area (Å²) < 4.78 is 0. The summed E-state index contributed by atoms with van der Waals surface area (Å²) in [5.74, 6) is -4.93. The van der Waals surface area contributed by atoms with E-state index >= 15 is 0 Å². The molecular formula is C30H37N5O7. The molecule has 0 radical (unpaired) electrons. The molecule has 12 nitrogen and oxygen atoms in total. The van der Waals surface area contributed by atoms with Crippen molar-refractivity contribution >= 4 is 40.6 Å². The second kappa shape index (κ2) is 14.8. The summed E-state index contributed by atoms with van der Waals surface area (Å²) in [5, 5.41) is 27.4. The first-order chi connectivity index (χ1) is 19.9. The highest BCUT2D eigenvalue weighted by atomic mass is 16.4. The predicted molar refractivity (Wildman–Crippen MR) is 155 cm³/mol. The van der Waals surface area contributed by atoms with Crippen molar-refractivity contribution in [1.82, 2.24) is 20.9 Å². The van der Waals surface area contributed by atoms with Crippen molar-refractivity contribution in [2.24, 2.45) is 11.7 Å². The maximum Gasteiger partial charge on any atom is 0.326 e. The van der Waals surface area contributed by atoms with Gasteiger partial charge in [-0.3, -0.25) is 19.2 Å². The van der Waals surface area contributed by atoms with Gasteiger partial charge >= 0.3 is 11.9 Å². The summed E-state index contributed by atoms with van der Waals surface area (Å²) in [4.78, 5) is 66.2. The Hall–Kier alpha value is -4.71. The lowest BCUT2D eigenvalue weighted by molar-refractivity contribution is -0.143. The van der Waals surface area contributed by atoms with E-state index in [0.29, 0.717) is 17.5 Å². The third-order valence-electron chi connectivity index (χ3n) is 6.70. The number of H-pyrrole nitrogens is 1. The number of benzene rings is 2. The summed E-state index contributed by atoms with van der Waals surface area (Å²) in [6.45, 7) is 3.73. The van der Waals surface area contributed by atoms with Crippen molar-refractivity contribution in [3.63, 3.8) is 0 Å². The van der Waals surface area contributed by atoms with Crippen LogP contribution in [0.15, 0.2) is 60.8 Å². The molecule has 224 valence electrons. The number of hydrogen-bond donors (Lipinski definition) is 7. The van der Waals surface area contributed by atoms with Crippen LogP contribution in [-0.2, 0) is 36.8 Å². The van der Waals surface area contributed by atoms with Crippen LogP contribution in [0.4, 0.5) is 0 Å². The molecule has 0 aliphatic heterocycles. The van der Waals surface area contributed by atoms with Gasteiger partial charge in [-0.25, -0.2) is 4.79 Å². The van der Waals surface area contributed by atoms with Crippen LogP contribution in [0.3, 0.4) is 0 Å². The van der Waals surface area contributed by atoms with Gasteiger partial charge in [0.25, 0.3) is 0 Å². The Morgan fingerprint density at radius 1 is 0.786 bits per heavy atom. The van der Waals surface area contributed by atoms with Gasteiger partial charge < -0.3 is 36.9 Å². The van der Waals surface area contributed by atoms with E-state index in [1.54, 1.807) is 36.5 Å². The van der Waals surface area contributed by atoms with Gasteiger partial charge in [0.05, 0.1) is 12.5 Å². The summed E-state index contributed by atoms with van der Waals surface area (Å²) in [6, 6.07) is 11.0. The fourth-order valence-corrected chi connectivity index (χ4v) is 4.60. The number of nitrogens with two attached hydrogens (primary N) is 1. The predicted octanol–water partition coefficient (Wildman–Crippen LogP) is 1.34. The number of carboxylic acids is 2. The molecule has 0 saturated heterocycles. The summed E-state index contributed by atoms with van der Waals surface area (Å²) in [7, 11) is 0. The van der Waals surface area contributed by atoms with Crippen molar-refractivity contribution < 1.29 is 34.2 Å². The van der Waals surface area contributed by atoms with E-state index in [1.807, 2.05) is 38.1 Å². The zero-order valence-electron chi connectivity index (χ0n) is 23.5. The Morgan fingerprint density at radius 3 is 2.02 bits per heavy atom. The van der Waals surface area contributed by atoms with Gasteiger partial charge in [-0.15, -0.1) is 0 Å². The first-order valence-electron chi connectivity index (χ1n) is 13.6. The minimum Gasteiger partial charge on any atom is -0.481 e. The maximum absolute atomic E-state index is 13.5. The van der Waals surface area contributed by atoms with Gasteiger partial charge in [-0.1, -0.05) is 62.4 Å². The van der Waals surface area contributed by atoms with Gasteiger partial charge in [-0.2, -0.15) is 0 Å². The molecule has 2 aromatic carbocycles. The van der Waals surface area contributed by atoms with Gasteiger partial charge in [-0.05, 0) is 29.5 Å². The van der Waals surface area contributed by atoms with Crippen molar-refractivity contribution in [3.8, 4) is 0 Å². The number of carbonyl (C=O) groups excluding carboxylic acids is 3. The van der Waals surface area contributed by atoms with Gasteiger partial charge in [0, 0.05) is 29.9 Å². The number of aromatic nitrogens is 1. The molecule has 0 bridgehead atoms. The van der Waals surface area contributed by atoms with E-state index in [4.69, 9.17) is 5.73 Å². The molecule has 4 atom stereocenters. The average molecular weight is 580 g/mol. The number of carboxylic acid groups (broad SMARTS) is 2. The van der Waals surface area contributed by atoms with E-state index in [1.165, 1.54) is 0 Å². The molecule has 0 aliphatic rings. The number of aromatic amines is 1. The Balaban J connectivity index is 1.86. The molecule has 0 saturated carbocycles. The molecule has 0 spiro atoms. The van der Waals surface area contributed by atoms with Crippen molar-refractivity contribution in [2.45, 2.75) is 63.7 Å². The Kier molecular flexibility index (Phi) is 11.2. The first kappa shape index (κ1) is 31.8. The van der Waals surface area contributed by atoms with Crippen LogP contribution in [-0.4, -0.2) is 69.0 Å². The lowest BCUT2D eigenvalue weighted by atomic mass is 10.0. The highest BCUT2D eigenvalue weighted by Crippen LogP contribution is 2.19. The van der Waals surface area contributed by atoms with E-state index in [9.17, 15) is 34.2 Å². The zero-order chi connectivity index (χ0) is 30.8. The highest BCUT2D eigenvalue weighted by molar-refractivity contribution is 5.96. The Labute approximate surface area is 243 Å². The van der Waals surface area contributed by atoms with Crippen LogP contribution in [0, 0.1) is 5.92 Å². The minimum atomic E-state index is -1.52. The monoisotopic (exact) mass is 579 g/mol. The maximum atomic E-state index is 13.5. The largest absolute Gasteiger partial charge is 0.481 e. The van der Waals surface area contributed by atoms with E-state index in [0.717, 1.165) is 10.9 Å². The topological polar surface area (TPSA) is 204 Å². The second-order valence-electron chi connectivity index (χ2n) is 10.6. The van der Waals surface area contributed by atoms with Crippen LogP contribution in [0.2, 0.25) is 0 Å². The SMILES string of the molecule is CC(C)CC(N)C(=O)NC(CC(=O)O)C(=O)NC(Cc1c[nH]c2ccccc12)C(=O)NC(Cc1ccccc1)C(=O)O. The van der Waals surface area contributed by atoms with E-state index in [2.05, 4.69) is 20.9 Å². The normalized spacial score (nSPS) is 14.0. The van der Waals surface area contributed by atoms with Crippen molar-refractivity contribution in [3.05, 3.63) is 71.9 Å². The Bertz CT molecular complexity index is 1410. The third kappa shape index (κ3) is 9.16. The molecule has 3 rings (SSSR count). The molecule has 0 aliphatic carbocycles. The fourth-order valence-electron chi connectivity index (χ4n) is 4.60. The summed E-state index contributed by atoms with van der Waals surface area (Å²) >= 11 is 0. The molecule has 1 heterocycles. The molecule has 3 amide bonds. The molecule has 42 heavy (non-hydrogen) atoms. The second-order valence-corrected chi connectivity index (χ2v) is 10.6. The van der Waals surface area contributed by atoms with Crippen LogP contribution in [0.5, 0.6) is 0 Å². The van der Waals surface area contributed by atoms with Gasteiger partial charge in [0.15, 0.2) is 0 Å². The number of rotatable bonds is 15. The number of hydrogen-bond acceptors (Lipinski definition) is 6. The van der Waals surface area contributed by atoms with Gasteiger partial charge in [0.2, 0.25) is 17.7 Å². The van der Waals surface area contributed by atoms with E-state index < -0.39 is 60.2 Å². The number of fused-ring (bicyclic) bond motifs is 1. The first-order valence-corrected chi connectivity index (χ1v) is 13.6. The smallest absolute Gasteiger partial charge is 0.326 e. The highest BCUT2D eigenvalue weighted by Gasteiger charge is 2.32. The van der Waals surface area contributed by atoms with Crippen LogP contribution in [0.25, 0.3) is 10.9 Å². The van der Waals surface area contributed by atoms with Gasteiger partial charge in [0.1, 0.15) is 18.1 Å². The number of amides is 3.